The van der Waals surface area contributed by atoms with Crippen LogP contribution in [-0.4, -0.2) is 36.0 Å². The summed E-state index contributed by atoms with van der Waals surface area (Å²) < 4.78 is 5.46. The predicted octanol–water partition coefficient (Wildman–Crippen LogP) is 0.652. The molecule has 1 atom stereocenters. The third-order valence-electron chi connectivity index (χ3n) is 3.48. The Balaban J connectivity index is 2.00. The quantitative estimate of drug-likeness (QED) is 0.752. The van der Waals surface area contributed by atoms with Crippen molar-refractivity contribution in [2.75, 3.05) is 18.9 Å². The molecule has 0 saturated carbocycles. The van der Waals surface area contributed by atoms with Gasteiger partial charge in [0.05, 0.1) is 19.1 Å². The molecule has 0 aliphatic carbocycles. The Bertz CT molecular complexity index is 495. The van der Waals surface area contributed by atoms with Gasteiger partial charge < -0.3 is 21.1 Å². The van der Waals surface area contributed by atoms with Crippen LogP contribution in [0.25, 0.3) is 0 Å². The lowest BCUT2D eigenvalue weighted by Crippen LogP contribution is -2.39. The van der Waals surface area contributed by atoms with Crippen LogP contribution in [0.1, 0.15) is 24.8 Å². The minimum Gasteiger partial charge on any atom is -0.399 e. The van der Waals surface area contributed by atoms with E-state index in [1.807, 2.05) is 12.1 Å². The van der Waals surface area contributed by atoms with E-state index in [9.17, 15) is 9.59 Å². The number of anilines is 1. The molecular formula is C15H21N3O3. The van der Waals surface area contributed by atoms with E-state index in [2.05, 4.69) is 0 Å². The maximum Gasteiger partial charge on any atom is 0.237 e. The van der Waals surface area contributed by atoms with Gasteiger partial charge in [0.15, 0.2) is 0 Å². The highest BCUT2D eigenvalue weighted by Gasteiger charge is 2.23. The highest BCUT2D eigenvalue weighted by molar-refractivity contribution is 5.84. The molecule has 0 aromatic heterocycles. The van der Waals surface area contributed by atoms with E-state index in [4.69, 9.17) is 16.2 Å². The van der Waals surface area contributed by atoms with Gasteiger partial charge in [-0.05, 0) is 30.5 Å². The molecule has 1 heterocycles. The van der Waals surface area contributed by atoms with Gasteiger partial charge >= 0.3 is 0 Å². The first-order valence-corrected chi connectivity index (χ1v) is 7.06. The fraction of sp³-hybridized carbons (Fsp3) is 0.467. The topological polar surface area (TPSA) is 98.7 Å². The molecule has 2 rings (SSSR count). The summed E-state index contributed by atoms with van der Waals surface area (Å²) in [6.45, 7) is 0.955. The van der Waals surface area contributed by atoms with Crippen molar-refractivity contribution in [1.82, 2.24) is 4.90 Å². The van der Waals surface area contributed by atoms with Crippen LogP contribution in [0, 0.1) is 0 Å². The lowest BCUT2D eigenvalue weighted by molar-refractivity contribution is -0.137. The van der Waals surface area contributed by atoms with Gasteiger partial charge in [-0.3, -0.25) is 9.59 Å². The van der Waals surface area contributed by atoms with Crippen molar-refractivity contribution in [3.63, 3.8) is 0 Å². The average molecular weight is 291 g/mol. The fourth-order valence-electron chi connectivity index (χ4n) is 2.39. The molecule has 0 bridgehead atoms. The highest BCUT2D eigenvalue weighted by Crippen LogP contribution is 2.17. The van der Waals surface area contributed by atoms with Crippen molar-refractivity contribution in [1.29, 1.82) is 0 Å². The maximum atomic E-state index is 12.3. The minimum absolute atomic E-state index is 0.0423. The Morgan fingerprint density at radius 3 is 2.57 bits per heavy atom. The van der Waals surface area contributed by atoms with Gasteiger partial charge in [-0.15, -0.1) is 0 Å². The summed E-state index contributed by atoms with van der Waals surface area (Å²) in [5, 5.41) is 0. The van der Waals surface area contributed by atoms with E-state index in [0.29, 0.717) is 25.3 Å². The first kappa shape index (κ1) is 15.3. The zero-order valence-corrected chi connectivity index (χ0v) is 12.0. The number of nitrogen functional groups attached to an aromatic ring is 1. The molecule has 4 N–H and O–H groups in total. The highest BCUT2D eigenvalue weighted by atomic mass is 16.5. The molecule has 1 unspecified atom stereocenters. The molecule has 0 radical (unpaired) electrons. The van der Waals surface area contributed by atoms with Crippen LogP contribution in [-0.2, 0) is 20.9 Å². The molecule has 1 saturated heterocycles. The van der Waals surface area contributed by atoms with Crippen LogP contribution < -0.4 is 11.5 Å². The molecule has 1 aromatic rings. The molecule has 6 nitrogen and oxygen atoms in total. The SMILES string of the molecule is NC(=O)CN(Cc1ccc(N)cc1)C(=O)CC1CCCO1. The van der Waals surface area contributed by atoms with Crippen molar-refractivity contribution < 1.29 is 14.3 Å². The number of primary amides is 1. The summed E-state index contributed by atoms with van der Waals surface area (Å²) in [7, 11) is 0. The number of benzene rings is 1. The molecule has 2 amide bonds. The maximum absolute atomic E-state index is 12.3. The van der Waals surface area contributed by atoms with E-state index in [1.54, 1.807) is 12.1 Å². The van der Waals surface area contributed by atoms with Crippen molar-refractivity contribution in [2.24, 2.45) is 5.73 Å². The van der Waals surface area contributed by atoms with Crippen molar-refractivity contribution in [3.05, 3.63) is 29.8 Å². The number of amides is 2. The largest absolute Gasteiger partial charge is 0.399 e. The summed E-state index contributed by atoms with van der Waals surface area (Å²) in [5.41, 5.74) is 12.4. The van der Waals surface area contributed by atoms with Gasteiger partial charge in [-0.1, -0.05) is 12.1 Å². The van der Waals surface area contributed by atoms with Crippen LogP contribution in [0.2, 0.25) is 0 Å². The number of carbonyl (C=O) groups excluding carboxylic acids is 2. The Morgan fingerprint density at radius 2 is 2.00 bits per heavy atom. The third kappa shape index (κ3) is 4.75. The van der Waals surface area contributed by atoms with E-state index in [-0.39, 0.29) is 18.6 Å². The summed E-state index contributed by atoms with van der Waals surface area (Å²) in [4.78, 5) is 25.0. The fourth-order valence-corrected chi connectivity index (χ4v) is 2.39. The Kier molecular flexibility index (Phi) is 5.16. The third-order valence-corrected chi connectivity index (χ3v) is 3.48. The summed E-state index contributed by atoms with van der Waals surface area (Å²) in [5.74, 6) is -0.635. The number of carbonyl (C=O) groups is 2. The Hall–Kier alpha value is -2.08. The molecule has 0 spiro atoms. The standard InChI is InChI=1S/C15H21N3O3/c16-12-5-3-11(4-6-12)9-18(10-14(17)19)15(20)8-13-2-1-7-21-13/h3-6,13H,1-2,7-10,16H2,(H2,17,19). The van der Waals surface area contributed by atoms with Crippen molar-refractivity contribution in [3.8, 4) is 0 Å². The molecular weight excluding hydrogens is 270 g/mol. The predicted molar refractivity (Wildman–Crippen MR) is 79.1 cm³/mol. The smallest absolute Gasteiger partial charge is 0.237 e. The molecule has 114 valence electrons. The van der Waals surface area contributed by atoms with E-state index < -0.39 is 5.91 Å². The first-order valence-electron chi connectivity index (χ1n) is 7.06. The normalized spacial score (nSPS) is 17.6. The van der Waals surface area contributed by atoms with Gasteiger partial charge in [-0.25, -0.2) is 0 Å². The number of hydrogen-bond donors (Lipinski definition) is 2. The van der Waals surface area contributed by atoms with E-state index in [1.165, 1.54) is 4.90 Å². The monoisotopic (exact) mass is 291 g/mol. The first-order chi connectivity index (χ1) is 10.0. The summed E-state index contributed by atoms with van der Waals surface area (Å²) in [6, 6.07) is 7.20. The van der Waals surface area contributed by atoms with Gasteiger partial charge in [0.25, 0.3) is 0 Å². The zero-order chi connectivity index (χ0) is 15.2. The number of nitrogens with zero attached hydrogens (tertiary/aromatic N) is 1. The Morgan fingerprint density at radius 1 is 1.29 bits per heavy atom. The minimum atomic E-state index is -0.522. The lowest BCUT2D eigenvalue weighted by atomic mass is 10.1. The number of nitrogens with two attached hydrogens (primary N) is 2. The van der Waals surface area contributed by atoms with E-state index in [0.717, 1.165) is 18.4 Å². The summed E-state index contributed by atoms with van der Waals surface area (Å²) >= 11 is 0. The molecule has 21 heavy (non-hydrogen) atoms. The molecule has 1 fully saturated rings. The Labute approximate surface area is 124 Å². The molecule has 1 aliphatic heterocycles. The number of hydrogen-bond acceptors (Lipinski definition) is 4. The lowest BCUT2D eigenvalue weighted by Gasteiger charge is -2.23. The average Bonchev–Trinajstić information content (AvgIpc) is 2.93. The van der Waals surface area contributed by atoms with Crippen LogP contribution in [0.15, 0.2) is 24.3 Å². The zero-order valence-electron chi connectivity index (χ0n) is 12.0. The van der Waals surface area contributed by atoms with Crippen LogP contribution in [0.5, 0.6) is 0 Å². The summed E-state index contributed by atoms with van der Waals surface area (Å²) in [6.07, 6.45) is 2.12. The molecule has 1 aliphatic rings. The van der Waals surface area contributed by atoms with Crippen LogP contribution >= 0.6 is 0 Å². The second-order valence-corrected chi connectivity index (χ2v) is 5.30. The van der Waals surface area contributed by atoms with Crippen molar-refractivity contribution in [2.45, 2.75) is 31.9 Å². The van der Waals surface area contributed by atoms with Crippen molar-refractivity contribution >= 4 is 17.5 Å². The van der Waals surface area contributed by atoms with E-state index >= 15 is 0 Å². The van der Waals surface area contributed by atoms with Gasteiger partial charge in [-0.2, -0.15) is 0 Å². The molecule has 6 heteroatoms. The second-order valence-electron chi connectivity index (χ2n) is 5.30. The molecule has 1 aromatic carbocycles. The van der Waals surface area contributed by atoms with Gasteiger partial charge in [0, 0.05) is 18.8 Å². The number of ether oxygens (including phenoxy) is 1. The van der Waals surface area contributed by atoms with Crippen LogP contribution in [0.3, 0.4) is 0 Å². The van der Waals surface area contributed by atoms with Crippen LogP contribution in [0.4, 0.5) is 5.69 Å². The van der Waals surface area contributed by atoms with Gasteiger partial charge in [0.1, 0.15) is 0 Å². The number of rotatable bonds is 6. The second kappa shape index (κ2) is 7.08. The van der Waals surface area contributed by atoms with Gasteiger partial charge in [0.2, 0.25) is 11.8 Å².